The zero-order valence-corrected chi connectivity index (χ0v) is 17.5. The van der Waals surface area contributed by atoms with Crippen LogP contribution >= 0.6 is 23.1 Å². The van der Waals surface area contributed by atoms with E-state index in [0.29, 0.717) is 17.2 Å². The Balaban J connectivity index is 1.68. The van der Waals surface area contributed by atoms with Gasteiger partial charge in [-0.2, -0.15) is 0 Å². The molecule has 146 valence electrons. The number of anilines is 1. The largest absolute Gasteiger partial charge is 0.497 e. The predicted octanol–water partition coefficient (Wildman–Crippen LogP) is 4.85. The van der Waals surface area contributed by atoms with E-state index < -0.39 is 0 Å². The maximum Gasteiger partial charge on any atom is 0.260 e. The summed E-state index contributed by atoms with van der Waals surface area (Å²) in [4.78, 5) is 21.0. The Morgan fingerprint density at radius 2 is 2.14 bits per heavy atom. The first-order chi connectivity index (χ1) is 13.7. The fourth-order valence-electron chi connectivity index (χ4n) is 3.27. The van der Waals surface area contributed by atoms with Gasteiger partial charge in [0.15, 0.2) is 5.13 Å². The third-order valence-electron chi connectivity index (χ3n) is 4.81. The summed E-state index contributed by atoms with van der Waals surface area (Å²) in [6.45, 7) is 1.27. The minimum atomic E-state index is -0.0471. The number of aromatic nitrogens is 1. The second kappa shape index (κ2) is 8.51. The smallest absolute Gasteiger partial charge is 0.260 e. The maximum atomic E-state index is 13.3. The number of nitrogens with zero attached hydrogens (tertiary/aromatic N) is 2. The normalized spacial score (nSPS) is 16.4. The first-order valence-electron chi connectivity index (χ1n) is 9.20. The molecule has 28 heavy (non-hydrogen) atoms. The number of ether oxygens (including phenoxy) is 2. The van der Waals surface area contributed by atoms with E-state index in [1.807, 2.05) is 48.7 Å². The van der Waals surface area contributed by atoms with Crippen LogP contribution in [0.1, 0.15) is 23.2 Å². The lowest BCUT2D eigenvalue weighted by Gasteiger charge is -2.23. The highest BCUT2D eigenvalue weighted by molar-refractivity contribution is 7.98. The molecule has 0 radical (unpaired) electrons. The van der Waals surface area contributed by atoms with Crippen LogP contribution in [0.15, 0.2) is 47.4 Å². The molecule has 5 nitrogen and oxygen atoms in total. The second-order valence-corrected chi connectivity index (χ2v) is 8.50. The summed E-state index contributed by atoms with van der Waals surface area (Å²) in [7, 11) is 1.64. The monoisotopic (exact) mass is 414 g/mol. The molecule has 1 atom stereocenters. The van der Waals surface area contributed by atoms with Gasteiger partial charge >= 0.3 is 0 Å². The average molecular weight is 415 g/mol. The van der Waals surface area contributed by atoms with Gasteiger partial charge < -0.3 is 9.47 Å². The number of carbonyl (C=O) groups excluding carboxylic acids is 1. The van der Waals surface area contributed by atoms with Gasteiger partial charge in [-0.3, -0.25) is 9.69 Å². The lowest BCUT2D eigenvalue weighted by Crippen LogP contribution is -2.37. The van der Waals surface area contributed by atoms with Crippen molar-refractivity contribution in [2.75, 3.05) is 31.4 Å². The molecule has 7 heteroatoms. The Labute approximate surface area is 172 Å². The van der Waals surface area contributed by atoms with E-state index in [4.69, 9.17) is 14.5 Å². The van der Waals surface area contributed by atoms with Gasteiger partial charge in [-0.15, -0.1) is 11.8 Å². The van der Waals surface area contributed by atoms with Gasteiger partial charge in [0.1, 0.15) is 5.75 Å². The number of benzene rings is 2. The van der Waals surface area contributed by atoms with Crippen molar-refractivity contribution >= 4 is 44.4 Å². The highest BCUT2D eigenvalue weighted by Crippen LogP contribution is 2.33. The first-order valence-corrected chi connectivity index (χ1v) is 11.2. The van der Waals surface area contributed by atoms with E-state index in [-0.39, 0.29) is 12.0 Å². The summed E-state index contributed by atoms with van der Waals surface area (Å²) in [5.74, 6) is 0.711. The van der Waals surface area contributed by atoms with Crippen LogP contribution in [0, 0.1) is 0 Å². The van der Waals surface area contributed by atoms with Gasteiger partial charge in [-0.25, -0.2) is 4.98 Å². The molecule has 1 amide bonds. The van der Waals surface area contributed by atoms with Crippen LogP contribution in [0.5, 0.6) is 5.75 Å². The van der Waals surface area contributed by atoms with Gasteiger partial charge in [0.2, 0.25) is 0 Å². The van der Waals surface area contributed by atoms with Crippen LogP contribution in [0.2, 0.25) is 0 Å². The standard InChI is InChI=1S/C21H22N2O3S2/c1-25-15-7-10-19-18(12-15)22-21(28-19)23(13-16-4-3-11-26-16)20(24)14-5-8-17(27-2)9-6-14/h5-10,12,16H,3-4,11,13H2,1-2H3. The lowest BCUT2D eigenvalue weighted by atomic mass is 10.2. The van der Waals surface area contributed by atoms with Gasteiger partial charge in [-0.1, -0.05) is 11.3 Å². The number of methoxy groups -OCH3 is 1. The number of hydrogen-bond acceptors (Lipinski definition) is 6. The molecule has 0 saturated carbocycles. The van der Waals surface area contributed by atoms with Crippen molar-refractivity contribution in [3.8, 4) is 5.75 Å². The van der Waals surface area contributed by atoms with Crippen molar-refractivity contribution in [2.24, 2.45) is 0 Å². The molecule has 0 aliphatic carbocycles. The van der Waals surface area contributed by atoms with E-state index in [1.165, 1.54) is 11.3 Å². The molecule has 1 aliphatic heterocycles. The van der Waals surface area contributed by atoms with Crippen LogP contribution in [-0.4, -0.2) is 43.5 Å². The Bertz CT molecular complexity index is 965. The van der Waals surface area contributed by atoms with Gasteiger partial charge in [-0.05, 0) is 55.5 Å². The number of rotatable bonds is 6. The number of fused-ring (bicyclic) bond motifs is 1. The van der Waals surface area contributed by atoms with Crippen LogP contribution < -0.4 is 9.64 Å². The van der Waals surface area contributed by atoms with E-state index in [0.717, 1.165) is 40.3 Å². The molecule has 1 saturated heterocycles. The fraction of sp³-hybridized carbons (Fsp3) is 0.333. The molecule has 1 aliphatic rings. The third kappa shape index (κ3) is 4.01. The van der Waals surface area contributed by atoms with Crippen LogP contribution in [0.4, 0.5) is 5.13 Å². The molecule has 0 N–H and O–H groups in total. The van der Waals surface area contributed by atoms with Crippen molar-refractivity contribution < 1.29 is 14.3 Å². The molecule has 3 aromatic rings. The highest BCUT2D eigenvalue weighted by atomic mass is 32.2. The maximum absolute atomic E-state index is 13.3. The summed E-state index contributed by atoms with van der Waals surface area (Å²) in [5.41, 5.74) is 1.50. The van der Waals surface area contributed by atoms with Gasteiger partial charge in [0.25, 0.3) is 5.91 Å². The summed E-state index contributed by atoms with van der Waals surface area (Å²) in [6.07, 6.45) is 4.08. The van der Waals surface area contributed by atoms with E-state index in [2.05, 4.69) is 0 Å². The molecule has 0 spiro atoms. The van der Waals surface area contributed by atoms with E-state index in [1.54, 1.807) is 23.8 Å². The number of hydrogen-bond donors (Lipinski definition) is 0. The topological polar surface area (TPSA) is 51.7 Å². The van der Waals surface area contributed by atoms with Gasteiger partial charge in [0, 0.05) is 23.1 Å². The van der Waals surface area contributed by atoms with Crippen molar-refractivity contribution in [3.63, 3.8) is 0 Å². The number of thiazole rings is 1. The quantitative estimate of drug-likeness (QED) is 0.540. The zero-order chi connectivity index (χ0) is 19.5. The second-order valence-electron chi connectivity index (χ2n) is 6.61. The molecule has 1 fully saturated rings. The molecule has 4 rings (SSSR count). The summed E-state index contributed by atoms with van der Waals surface area (Å²) in [5, 5.41) is 0.692. The fourth-order valence-corrected chi connectivity index (χ4v) is 4.63. The average Bonchev–Trinajstić information content (AvgIpc) is 3.40. The molecular formula is C21H22N2O3S2. The van der Waals surface area contributed by atoms with Crippen molar-refractivity contribution in [2.45, 2.75) is 23.8 Å². The Morgan fingerprint density at radius 1 is 1.32 bits per heavy atom. The Morgan fingerprint density at radius 3 is 2.82 bits per heavy atom. The van der Waals surface area contributed by atoms with E-state index >= 15 is 0 Å². The van der Waals surface area contributed by atoms with Crippen molar-refractivity contribution in [1.82, 2.24) is 4.98 Å². The Kier molecular flexibility index (Phi) is 5.85. The number of carbonyl (C=O) groups is 1. The summed E-state index contributed by atoms with van der Waals surface area (Å²) in [6, 6.07) is 13.5. The zero-order valence-electron chi connectivity index (χ0n) is 15.9. The minimum Gasteiger partial charge on any atom is -0.497 e. The lowest BCUT2D eigenvalue weighted by molar-refractivity contribution is 0.0917. The Hall–Kier alpha value is -2.09. The van der Waals surface area contributed by atoms with E-state index in [9.17, 15) is 4.79 Å². The number of thioether (sulfide) groups is 1. The SMILES string of the molecule is COc1ccc2sc(N(CC3CCCO3)C(=O)c3ccc(SC)cc3)nc2c1. The predicted molar refractivity (Wildman–Crippen MR) is 115 cm³/mol. The molecule has 0 bridgehead atoms. The van der Waals surface area contributed by atoms with Crippen molar-refractivity contribution in [1.29, 1.82) is 0 Å². The summed E-state index contributed by atoms with van der Waals surface area (Å²) >= 11 is 3.18. The molecular weight excluding hydrogens is 392 g/mol. The van der Waals surface area contributed by atoms with Crippen LogP contribution in [0.3, 0.4) is 0 Å². The van der Waals surface area contributed by atoms with Crippen LogP contribution in [-0.2, 0) is 4.74 Å². The first kappa shape index (κ1) is 19.2. The van der Waals surface area contributed by atoms with Crippen LogP contribution in [0.25, 0.3) is 10.2 Å². The number of amides is 1. The molecule has 1 unspecified atom stereocenters. The minimum absolute atomic E-state index is 0.0471. The van der Waals surface area contributed by atoms with Crippen molar-refractivity contribution in [3.05, 3.63) is 48.0 Å². The highest BCUT2D eigenvalue weighted by Gasteiger charge is 2.27. The third-order valence-corrected chi connectivity index (χ3v) is 6.61. The molecule has 2 heterocycles. The molecule has 1 aromatic heterocycles. The van der Waals surface area contributed by atoms with Gasteiger partial charge in [0.05, 0.1) is 30.0 Å². The summed E-state index contributed by atoms with van der Waals surface area (Å²) < 4.78 is 12.1. The molecule has 2 aromatic carbocycles.